The number of benzene rings is 2. The Bertz CT molecular complexity index is 1110. The van der Waals surface area contributed by atoms with Gasteiger partial charge in [0.1, 0.15) is 0 Å². The third-order valence-electron chi connectivity index (χ3n) is 3.79. The van der Waals surface area contributed by atoms with Gasteiger partial charge in [-0.3, -0.25) is 9.20 Å². The first-order valence-corrected chi connectivity index (χ1v) is 10.3. The molecule has 26 heavy (non-hydrogen) atoms. The van der Waals surface area contributed by atoms with E-state index in [-0.39, 0.29) is 11.7 Å². The molecule has 0 bridgehead atoms. The van der Waals surface area contributed by atoms with E-state index in [2.05, 4.69) is 52.4 Å². The lowest BCUT2D eigenvalue weighted by atomic mass is 10.2. The van der Waals surface area contributed by atoms with E-state index in [9.17, 15) is 4.79 Å². The Morgan fingerprint density at radius 3 is 2.77 bits per heavy atom. The topological polar surface area (TPSA) is 75.1 Å². The zero-order valence-electron chi connectivity index (χ0n) is 13.6. The van der Waals surface area contributed by atoms with Crippen molar-refractivity contribution < 1.29 is 4.79 Å². The number of hydrogen-bond donors (Lipinski definition) is 2. The molecule has 0 spiro atoms. The molecule has 0 aliphatic heterocycles. The van der Waals surface area contributed by atoms with Crippen molar-refractivity contribution in [3.8, 4) is 0 Å². The number of aromatic nitrogens is 4. The molecule has 0 atom stereocenters. The van der Waals surface area contributed by atoms with Gasteiger partial charge in [-0.1, -0.05) is 23.9 Å². The molecule has 2 N–H and O–H groups in total. The van der Waals surface area contributed by atoms with Gasteiger partial charge in [-0.15, -0.1) is 5.10 Å². The van der Waals surface area contributed by atoms with E-state index >= 15 is 0 Å². The van der Waals surface area contributed by atoms with Crippen LogP contribution in [0.5, 0.6) is 0 Å². The molecule has 2 aromatic heterocycles. The number of aromatic amines is 1. The smallest absolute Gasteiger partial charge is 0.234 e. The number of rotatable bonds is 4. The third-order valence-corrected chi connectivity index (χ3v) is 5.98. The van der Waals surface area contributed by atoms with Crippen LogP contribution in [0.1, 0.15) is 5.56 Å². The third kappa shape index (κ3) is 3.26. The van der Waals surface area contributed by atoms with Gasteiger partial charge in [-0.25, -0.2) is 10.1 Å². The highest BCUT2D eigenvalue weighted by atomic mass is 79.9. The summed E-state index contributed by atoms with van der Waals surface area (Å²) in [6, 6.07) is 11.8. The number of carbonyl (C=O) groups excluding carboxylic acids is 1. The van der Waals surface area contributed by atoms with Gasteiger partial charge < -0.3 is 5.32 Å². The van der Waals surface area contributed by atoms with Crippen LogP contribution in [0.25, 0.3) is 16.8 Å². The summed E-state index contributed by atoms with van der Waals surface area (Å²) in [6.07, 6.45) is 0. The predicted molar refractivity (Wildman–Crippen MR) is 111 cm³/mol. The summed E-state index contributed by atoms with van der Waals surface area (Å²) in [7, 11) is 0. The number of carbonyl (C=O) groups is 1. The molecule has 0 saturated carbocycles. The molecule has 9 heteroatoms. The summed E-state index contributed by atoms with van der Waals surface area (Å²) in [4.78, 5) is 16.9. The Balaban J connectivity index is 1.53. The summed E-state index contributed by atoms with van der Waals surface area (Å²) in [5.74, 6) is 0.790. The van der Waals surface area contributed by atoms with E-state index in [0.717, 1.165) is 31.2 Å². The standard InChI is InChI=1S/C17H13Br2N5OS/c1-9-6-10(18)15(11(19)7-9)21-14(25)8-26-17-23-22-16-20-12-4-2-3-5-13(12)24(16)17/h2-7H,8H2,1H3,(H,20,22)(H,21,25). The van der Waals surface area contributed by atoms with Crippen molar-refractivity contribution in [3.63, 3.8) is 0 Å². The van der Waals surface area contributed by atoms with Crippen molar-refractivity contribution in [2.75, 3.05) is 11.1 Å². The number of thioether (sulfide) groups is 1. The lowest BCUT2D eigenvalue weighted by molar-refractivity contribution is -0.113. The van der Waals surface area contributed by atoms with Crippen molar-refractivity contribution >= 4 is 72.0 Å². The Morgan fingerprint density at radius 1 is 1.27 bits per heavy atom. The maximum Gasteiger partial charge on any atom is 0.234 e. The number of fused-ring (bicyclic) bond motifs is 3. The van der Waals surface area contributed by atoms with Crippen LogP contribution in [-0.2, 0) is 4.79 Å². The van der Waals surface area contributed by atoms with Crippen LogP contribution < -0.4 is 5.32 Å². The van der Waals surface area contributed by atoms with Gasteiger partial charge in [0.25, 0.3) is 0 Å². The van der Waals surface area contributed by atoms with Crippen LogP contribution in [0.3, 0.4) is 0 Å². The second-order valence-electron chi connectivity index (χ2n) is 5.71. The minimum absolute atomic E-state index is 0.110. The van der Waals surface area contributed by atoms with E-state index in [1.54, 1.807) is 0 Å². The number of halogens is 2. The second kappa shape index (κ2) is 7.05. The average molecular weight is 495 g/mol. The number of imidazole rings is 1. The van der Waals surface area contributed by atoms with E-state index in [4.69, 9.17) is 0 Å². The first-order valence-electron chi connectivity index (χ1n) is 7.73. The van der Waals surface area contributed by atoms with Gasteiger partial charge >= 0.3 is 0 Å². The van der Waals surface area contributed by atoms with E-state index < -0.39 is 0 Å². The van der Waals surface area contributed by atoms with Crippen LogP contribution in [0.2, 0.25) is 0 Å². The molecule has 0 fully saturated rings. The molecule has 2 aromatic carbocycles. The van der Waals surface area contributed by atoms with Crippen molar-refractivity contribution in [1.82, 2.24) is 19.6 Å². The van der Waals surface area contributed by atoms with Gasteiger partial charge in [-0.2, -0.15) is 0 Å². The lowest BCUT2D eigenvalue weighted by Gasteiger charge is -2.10. The molecular formula is C17H13Br2N5OS. The zero-order chi connectivity index (χ0) is 18.3. The predicted octanol–water partition coefficient (Wildman–Crippen LogP) is 4.77. The fourth-order valence-electron chi connectivity index (χ4n) is 2.66. The minimum Gasteiger partial charge on any atom is -0.323 e. The quantitative estimate of drug-likeness (QED) is 0.400. The first-order chi connectivity index (χ1) is 12.5. The van der Waals surface area contributed by atoms with Crippen LogP contribution in [0, 0.1) is 6.92 Å². The fourth-order valence-corrected chi connectivity index (χ4v) is 5.03. The molecule has 6 nitrogen and oxygen atoms in total. The van der Waals surface area contributed by atoms with Gasteiger partial charge in [0.15, 0.2) is 5.16 Å². The SMILES string of the molecule is Cc1cc(Br)c(NC(=O)CSc2n[nH]c3nc4ccccc4n23)c(Br)c1. The Kier molecular flexibility index (Phi) is 4.76. The first kappa shape index (κ1) is 17.6. The number of hydrogen-bond acceptors (Lipinski definition) is 4. The Morgan fingerprint density at radius 2 is 2.00 bits per heavy atom. The number of nitrogens with zero attached hydrogens (tertiary/aromatic N) is 3. The summed E-state index contributed by atoms with van der Waals surface area (Å²) in [5, 5.41) is 10.8. The molecule has 0 radical (unpaired) electrons. The highest BCUT2D eigenvalue weighted by Gasteiger charge is 2.15. The van der Waals surface area contributed by atoms with Crippen LogP contribution in [-0.4, -0.2) is 31.2 Å². The second-order valence-corrected chi connectivity index (χ2v) is 8.36. The number of H-pyrrole nitrogens is 1. The molecule has 2 heterocycles. The van der Waals surface area contributed by atoms with E-state index in [1.807, 2.05) is 47.7 Å². The average Bonchev–Trinajstić information content (AvgIpc) is 3.15. The van der Waals surface area contributed by atoms with Crippen LogP contribution in [0.4, 0.5) is 5.69 Å². The normalized spacial score (nSPS) is 11.3. The van der Waals surface area contributed by atoms with Gasteiger partial charge in [0.2, 0.25) is 11.7 Å². The molecule has 132 valence electrons. The Labute approximate surface area is 170 Å². The molecule has 0 aliphatic rings. The monoisotopic (exact) mass is 493 g/mol. The maximum atomic E-state index is 12.4. The van der Waals surface area contributed by atoms with Gasteiger partial charge in [0, 0.05) is 8.95 Å². The molecule has 0 aliphatic carbocycles. The number of nitrogens with one attached hydrogen (secondary N) is 2. The Hall–Kier alpha value is -1.84. The molecular weight excluding hydrogens is 482 g/mol. The number of aryl methyl sites for hydroxylation is 1. The van der Waals surface area contributed by atoms with Crippen molar-refractivity contribution in [3.05, 3.63) is 50.9 Å². The van der Waals surface area contributed by atoms with Crippen molar-refractivity contribution in [1.29, 1.82) is 0 Å². The maximum absolute atomic E-state index is 12.4. The van der Waals surface area contributed by atoms with Crippen molar-refractivity contribution in [2.24, 2.45) is 0 Å². The molecule has 0 unspecified atom stereocenters. The summed E-state index contributed by atoms with van der Waals surface area (Å²) in [5.41, 5.74) is 3.67. The molecule has 4 rings (SSSR count). The number of amides is 1. The van der Waals surface area contributed by atoms with Crippen molar-refractivity contribution in [2.45, 2.75) is 12.1 Å². The minimum atomic E-state index is -0.110. The van der Waals surface area contributed by atoms with Crippen LogP contribution >= 0.6 is 43.6 Å². The largest absolute Gasteiger partial charge is 0.323 e. The summed E-state index contributed by atoms with van der Waals surface area (Å²) < 4.78 is 3.60. The number of anilines is 1. The molecule has 1 amide bonds. The molecule has 0 saturated heterocycles. The van der Waals surface area contributed by atoms with Gasteiger partial charge in [0.05, 0.1) is 22.5 Å². The zero-order valence-corrected chi connectivity index (χ0v) is 17.6. The summed E-state index contributed by atoms with van der Waals surface area (Å²) in [6.45, 7) is 2.00. The van der Waals surface area contributed by atoms with E-state index in [1.165, 1.54) is 11.8 Å². The fraction of sp³-hybridized carbons (Fsp3) is 0.118. The highest BCUT2D eigenvalue weighted by Crippen LogP contribution is 2.32. The van der Waals surface area contributed by atoms with Gasteiger partial charge in [-0.05, 0) is 68.6 Å². The van der Waals surface area contributed by atoms with Crippen LogP contribution in [0.15, 0.2) is 50.5 Å². The molecule has 4 aromatic rings. The highest BCUT2D eigenvalue weighted by molar-refractivity contribution is 9.11. The lowest BCUT2D eigenvalue weighted by Crippen LogP contribution is -2.15. The summed E-state index contributed by atoms with van der Waals surface area (Å²) >= 11 is 8.34. The van der Waals surface area contributed by atoms with E-state index in [0.29, 0.717) is 10.9 Å². The number of para-hydroxylation sites is 2.